The molecule has 3 heterocycles. The number of rotatable bonds is 5. The fraction of sp³-hybridized carbons (Fsp3) is 0.520. The first-order chi connectivity index (χ1) is 14.7. The molecule has 3 fully saturated rings. The molecule has 1 unspecified atom stereocenters. The Morgan fingerprint density at radius 2 is 1.80 bits per heavy atom. The van der Waals surface area contributed by atoms with Crippen LogP contribution < -0.4 is 0 Å². The first-order valence-corrected chi connectivity index (χ1v) is 11.4. The predicted octanol–water partition coefficient (Wildman–Crippen LogP) is 3.90. The number of benzene rings is 1. The third kappa shape index (κ3) is 4.28. The van der Waals surface area contributed by atoms with E-state index >= 15 is 0 Å². The van der Waals surface area contributed by atoms with Gasteiger partial charge >= 0.3 is 0 Å². The van der Waals surface area contributed by atoms with Gasteiger partial charge in [-0.3, -0.25) is 14.7 Å². The van der Waals surface area contributed by atoms with Gasteiger partial charge in [0.1, 0.15) is 5.69 Å². The molecule has 0 radical (unpaired) electrons. The summed E-state index contributed by atoms with van der Waals surface area (Å²) in [5.74, 6) is 0.0430. The van der Waals surface area contributed by atoms with Gasteiger partial charge < -0.3 is 9.64 Å². The van der Waals surface area contributed by atoms with Crippen molar-refractivity contribution < 1.29 is 9.53 Å². The summed E-state index contributed by atoms with van der Waals surface area (Å²) in [6, 6.07) is 17.7. The Labute approximate surface area is 179 Å². The maximum Gasteiger partial charge on any atom is 0.272 e. The van der Waals surface area contributed by atoms with Gasteiger partial charge in [0.2, 0.25) is 0 Å². The summed E-state index contributed by atoms with van der Waals surface area (Å²) in [6.07, 6.45) is 8.38. The van der Waals surface area contributed by atoms with Crippen LogP contribution in [0.5, 0.6) is 0 Å². The van der Waals surface area contributed by atoms with Crippen LogP contribution in [0.25, 0.3) is 0 Å². The lowest BCUT2D eigenvalue weighted by atomic mass is 9.81. The first kappa shape index (κ1) is 19.7. The number of ether oxygens (including phenoxy) is 1. The highest BCUT2D eigenvalue weighted by molar-refractivity contribution is 5.92. The fourth-order valence-electron chi connectivity index (χ4n) is 5.16. The van der Waals surface area contributed by atoms with E-state index in [4.69, 9.17) is 4.74 Å². The van der Waals surface area contributed by atoms with E-state index in [2.05, 4.69) is 40.2 Å². The van der Waals surface area contributed by atoms with Crippen molar-refractivity contribution in [2.45, 2.75) is 62.8 Å². The van der Waals surface area contributed by atoms with Crippen molar-refractivity contribution in [2.75, 3.05) is 19.7 Å². The zero-order chi connectivity index (χ0) is 20.4. The van der Waals surface area contributed by atoms with Crippen LogP contribution in [0.2, 0.25) is 0 Å². The summed E-state index contributed by atoms with van der Waals surface area (Å²) in [7, 11) is 0. The van der Waals surface area contributed by atoms with Crippen molar-refractivity contribution in [1.29, 1.82) is 0 Å². The van der Waals surface area contributed by atoms with Crippen molar-refractivity contribution >= 4 is 5.91 Å². The van der Waals surface area contributed by atoms with Gasteiger partial charge in [0.15, 0.2) is 0 Å². The number of likely N-dealkylation sites (tertiary alicyclic amines) is 1. The highest BCUT2D eigenvalue weighted by atomic mass is 16.5. The number of aromatic nitrogens is 1. The highest BCUT2D eigenvalue weighted by Crippen LogP contribution is 2.40. The number of hydrogen-bond acceptors (Lipinski definition) is 4. The monoisotopic (exact) mass is 405 g/mol. The van der Waals surface area contributed by atoms with Gasteiger partial charge in [-0.15, -0.1) is 0 Å². The van der Waals surface area contributed by atoms with Crippen LogP contribution in [0.3, 0.4) is 0 Å². The number of nitrogens with zero attached hydrogens (tertiary/aromatic N) is 3. The van der Waals surface area contributed by atoms with Crippen LogP contribution in [0.15, 0.2) is 54.7 Å². The number of carbonyl (C=O) groups excluding carboxylic acids is 1. The molecule has 1 atom stereocenters. The van der Waals surface area contributed by atoms with Crippen LogP contribution in [0.1, 0.15) is 54.6 Å². The molecule has 2 aromatic rings. The Morgan fingerprint density at radius 3 is 2.50 bits per heavy atom. The molecule has 1 saturated carbocycles. The van der Waals surface area contributed by atoms with Gasteiger partial charge in [-0.2, -0.15) is 0 Å². The van der Waals surface area contributed by atoms with Crippen molar-refractivity contribution in [2.24, 2.45) is 0 Å². The van der Waals surface area contributed by atoms with Crippen LogP contribution in [-0.2, 0) is 11.3 Å². The molecule has 2 saturated heterocycles. The molecular weight excluding hydrogens is 374 g/mol. The summed E-state index contributed by atoms with van der Waals surface area (Å²) >= 11 is 0. The molecule has 2 aliphatic heterocycles. The standard InChI is InChI=1S/C25H31N3O2/c29-24(23-8-4-5-14-26-23)27-15-12-25(13-16-27)18-22(11-17-30-25)28(21-9-10-21)19-20-6-2-1-3-7-20/h1-8,14,21-22H,9-13,15-19H2. The van der Waals surface area contributed by atoms with Crippen LogP contribution in [0, 0.1) is 0 Å². The van der Waals surface area contributed by atoms with Crippen molar-refractivity contribution in [1.82, 2.24) is 14.8 Å². The minimum atomic E-state index is -0.0758. The summed E-state index contributed by atoms with van der Waals surface area (Å²) < 4.78 is 6.39. The number of amides is 1. The lowest BCUT2D eigenvalue weighted by molar-refractivity contribution is -0.131. The summed E-state index contributed by atoms with van der Waals surface area (Å²) in [5, 5.41) is 0. The van der Waals surface area contributed by atoms with Crippen LogP contribution in [0.4, 0.5) is 0 Å². The van der Waals surface area contributed by atoms with E-state index in [0.29, 0.717) is 11.7 Å². The van der Waals surface area contributed by atoms with Gasteiger partial charge in [-0.25, -0.2) is 0 Å². The van der Waals surface area contributed by atoms with Gasteiger partial charge in [-0.1, -0.05) is 36.4 Å². The van der Waals surface area contributed by atoms with E-state index in [9.17, 15) is 4.79 Å². The van der Waals surface area contributed by atoms with E-state index in [1.165, 1.54) is 18.4 Å². The molecule has 5 rings (SSSR count). The van der Waals surface area contributed by atoms with E-state index in [0.717, 1.165) is 58.0 Å². The number of hydrogen-bond donors (Lipinski definition) is 0. The Bertz CT molecular complexity index is 845. The molecule has 1 aliphatic carbocycles. The summed E-state index contributed by atoms with van der Waals surface area (Å²) in [6.45, 7) is 3.38. The Balaban J connectivity index is 1.23. The van der Waals surface area contributed by atoms with E-state index in [1.54, 1.807) is 12.3 Å². The van der Waals surface area contributed by atoms with Crippen molar-refractivity contribution in [3.63, 3.8) is 0 Å². The number of carbonyl (C=O) groups is 1. The average Bonchev–Trinajstić information content (AvgIpc) is 3.64. The second kappa shape index (κ2) is 8.48. The lowest BCUT2D eigenvalue weighted by Crippen LogP contribution is -2.54. The van der Waals surface area contributed by atoms with Crippen LogP contribution >= 0.6 is 0 Å². The molecule has 1 aromatic heterocycles. The smallest absolute Gasteiger partial charge is 0.272 e. The largest absolute Gasteiger partial charge is 0.375 e. The molecule has 1 amide bonds. The van der Waals surface area contributed by atoms with E-state index < -0.39 is 0 Å². The SMILES string of the molecule is O=C(c1ccccn1)N1CCC2(CC1)CC(N(Cc1ccccc1)C1CC1)CCO2. The predicted molar refractivity (Wildman–Crippen MR) is 116 cm³/mol. The first-order valence-electron chi connectivity index (χ1n) is 11.4. The third-order valence-corrected chi connectivity index (χ3v) is 7.01. The molecular formula is C25H31N3O2. The molecule has 158 valence electrons. The Morgan fingerprint density at radius 1 is 1.03 bits per heavy atom. The molecule has 0 bridgehead atoms. The molecule has 5 heteroatoms. The molecule has 1 spiro atoms. The molecule has 5 nitrogen and oxygen atoms in total. The zero-order valence-electron chi connectivity index (χ0n) is 17.6. The summed E-state index contributed by atoms with van der Waals surface area (Å²) in [5.41, 5.74) is 1.87. The zero-order valence-corrected chi connectivity index (χ0v) is 17.6. The Hall–Kier alpha value is -2.24. The third-order valence-electron chi connectivity index (χ3n) is 7.01. The number of pyridine rings is 1. The highest BCUT2D eigenvalue weighted by Gasteiger charge is 2.45. The van der Waals surface area contributed by atoms with Gasteiger partial charge in [0.25, 0.3) is 5.91 Å². The molecule has 0 N–H and O–H groups in total. The fourth-order valence-corrected chi connectivity index (χ4v) is 5.16. The Kier molecular flexibility index (Phi) is 5.57. The van der Waals surface area contributed by atoms with Gasteiger partial charge in [-0.05, 0) is 56.2 Å². The van der Waals surface area contributed by atoms with E-state index in [1.807, 2.05) is 17.0 Å². The van der Waals surface area contributed by atoms with Crippen molar-refractivity contribution in [3.05, 3.63) is 66.0 Å². The average molecular weight is 406 g/mol. The van der Waals surface area contributed by atoms with E-state index in [-0.39, 0.29) is 11.5 Å². The maximum atomic E-state index is 12.8. The normalized spacial score (nSPS) is 23.6. The van der Waals surface area contributed by atoms with Crippen LogP contribution in [-0.4, -0.2) is 58.1 Å². The van der Waals surface area contributed by atoms with Crippen molar-refractivity contribution in [3.8, 4) is 0 Å². The second-order valence-electron chi connectivity index (χ2n) is 9.07. The lowest BCUT2D eigenvalue weighted by Gasteiger charge is -2.48. The molecule has 1 aromatic carbocycles. The minimum absolute atomic E-state index is 0.0430. The topological polar surface area (TPSA) is 45.7 Å². The van der Waals surface area contributed by atoms with Gasteiger partial charge in [0, 0.05) is 44.5 Å². The molecule has 3 aliphatic rings. The maximum absolute atomic E-state index is 12.8. The summed E-state index contributed by atoms with van der Waals surface area (Å²) in [4.78, 5) is 21.7. The molecule has 30 heavy (non-hydrogen) atoms. The number of piperidine rings is 1. The van der Waals surface area contributed by atoms with Gasteiger partial charge in [0.05, 0.1) is 5.60 Å². The second-order valence-corrected chi connectivity index (χ2v) is 9.07. The minimum Gasteiger partial charge on any atom is -0.375 e. The quantitative estimate of drug-likeness (QED) is 0.757.